The number of nitrogens with zero attached hydrogens (tertiary/aromatic N) is 1. The molecule has 0 radical (unpaired) electrons. The molecule has 148 valence electrons. The Kier molecular flexibility index (Phi) is 10.0. The maximum absolute atomic E-state index is 11.8. The summed E-state index contributed by atoms with van der Waals surface area (Å²) in [7, 11) is 0. The van der Waals surface area contributed by atoms with Crippen molar-refractivity contribution in [3.05, 3.63) is 24.2 Å². The molecule has 0 atom stereocenters. The molecule has 0 saturated heterocycles. The highest BCUT2D eigenvalue weighted by molar-refractivity contribution is 14.0. The van der Waals surface area contributed by atoms with E-state index in [0.29, 0.717) is 12.6 Å². The van der Waals surface area contributed by atoms with E-state index < -0.39 is 5.60 Å². The zero-order chi connectivity index (χ0) is 18.1. The minimum atomic E-state index is -0.451. The Morgan fingerprint density at radius 3 is 2.69 bits per heavy atom. The lowest BCUT2D eigenvalue weighted by molar-refractivity contribution is -0.154. The van der Waals surface area contributed by atoms with Gasteiger partial charge in [-0.1, -0.05) is 12.8 Å². The van der Waals surface area contributed by atoms with Crippen molar-refractivity contribution in [3.8, 4) is 0 Å². The summed E-state index contributed by atoms with van der Waals surface area (Å²) >= 11 is 0. The van der Waals surface area contributed by atoms with Crippen molar-refractivity contribution in [3.63, 3.8) is 0 Å². The van der Waals surface area contributed by atoms with Gasteiger partial charge in [-0.2, -0.15) is 0 Å². The molecule has 1 aromatic heterocycles. The summed E-state index contributed by atoms with van der Waals surface area (Å²) in [5.41, 5.74) is -0.451. The average Bonchev–Trinajstić information content (AvgIpc) is 3.18. The molecule has 1 heterocycles. The maximum Gasteiger partial charge on any atom is 0.308 e. The van der Waals surface area contributed by atoms with E-state index in [1.807, 2.05) is 32.9 Å². The highest BCUT2D eigenvalue weighted by atomic mass is 127. The molecule has 0 spiro atoms. The van der Waals surface area contributed by atoms with E-state index in [1.165, 1.54) is 25.7 Å². The maximum atomic E-state index is 11.8. The number of aliphatic imine (C=N–C) groups is 1. The smallest absolute Gasteiger partial charge is 0.308 e. The van der Waals surface area contributed by atoms with Crippen LogP contribution in [0.2, 0.25) is 0 Å². The van der Waals surface area contributed by atoms with Crippen LogP contribution < -0.4 is 10.6 Å². The monoisotopic (exact) mass is 477 g/mol. The zero-order valence-corrected chi connectivity index (χ0v) is 18.4. The molecule has 0 bridgehead atoms. The second kappa shape index (κ2) is 11.5. The standard InChI is InChI=1S/C19H31N3O3.HI/c1-19(2,3)25-17(23)11-13-21-18(22-15-7-4-5-8-15)20-12-10-16-9-6-14-24-16;/h6,9,14-15H,4-5,7-8,10-13H2,1-3H3,(H2,20,21,22);1H. The van der Waals surface area contributed by atoms with Crippen molar-refractivity contribution >= 4 is 35.9 Å². The molecule has 6 nitrogen and oxygen atoms in total. The number of carbonyl (C=O) groups excluding carboxylic acids is 1. The van der Waals surface area contributed by atoms with Gasteiger partial charge < -0.3 is 19.8 Å². The molecule has 0 aliphatic heterocycles. The number of furan rings is 1. The quantitative estimate of drug-likeness (QED) is 0.272. The Labute approximate surface area is 173 Å². The molecule has 1 fully saturated rings. The second-order valence-corrected chi connectivity index (χ2v) is 7.45. The largest absolute Gasteiger partial charge is 0.469 e. The van der Waals surface area contributed by atoms with E-state index in [0.717, 1.165) is 24.7 Å². The molecule has 2 N–H and O–H groups in total. The summed E-state index contributed by atoms with van der Waals surface area (Å²) < 4.78 is 10.7. The van der Waals surface area contributed by atoms with Crippen LogP contribution in [0.25, 0.3) is 0 Å². The van der Waals surface area contributed by atoms with Crippen molar-refractivity contribution in [1.82, 2.24) is 10.6 Å². The fraction of sp³-hybridized carbons (Fsp3) is 0.684. The van der Waals surface area contributed by atoms with Crippen LogP contribution in [0.5, 0.6) is 0 Å². The van der Waals surface area contributed by atoms with Crippen molar-refractivity contribution < 1.29 is 13.9 Å². The molecule has 26 heavy (non-hydrogen) atoms. The molecule has 7 heteroatoms. The van der Waals surface area contributed by atoms with Crippen LogP contribution in [0.4, 0.5) is 0 Å². The number of halogens is 1. The summed E-state index contributed by atoms with van der Waals surface area (Å²) in [6.45, 7) is 6.77. The Bertz CT molecular complexity index is 547. The molecule has 1 aromatic rings. The molecular formula is C19H32IN3O3. The van der Waals surface area contributed by atoms with Crippen LogP contribution in [0.3, 0.4) is 0 Å². The lowest BCUT2D eigenvalue weighted by atomic mass is 10.2. The summed E-state index contributed by atoms with van der Waals surface area (Å²) in [6.07, 6.45) is 7.62. The van der Waals surface area contributed by atoms with Crippen molar-refractivity contribution in [2.45, 2.75) is 70.9 Å². The third-order valence-corrected chi connectivity index (χ3v) is 3.95. The van der Waals surface area contributed by atoms with Gasteiger partial charge in [0.2, 0.25) is 0 Å². The SMILES string of the molecule is CC(C)(C)OC(=O)CCN=C(NCCc1ccco1)NC1CCCC1.I. The summed E-state index contributed by atoms with van der Waals surface area (Å²) in [5, 5.41) is 6.81. The predicted octanol–water partition coefficient (Wildman–Crippen LogP) is 3.65. The number of esters is 1. The highest BCUT2D eigenvalue weighted by Gasteiger charge is 2.17. The molecule has 0 unspecified atom stereocenters. The van der Waals surface area contributed by atoms with Gasteiger partial charge in [0.05, 0.1) is 19.2 Å². The first-order valence-corrected chi connectivity index (χ1v) is 9.21. The van der Waals surface area contributed by atoms with E-state index in [4.69, 9.17) is 9.15 Å². The third-order valence-electron chi connectivity index (χ3n) is 3.95. The van der Waals surface area contributed by atoms with Gasteiger partial charge in [-0.3, -0.25) is 9.79 Å². The van der Waals surface area contributed by atoms with Crippen LogP contribution in [0.15, 0.2) is 27.8 Å². The molecule has 1 saturated carbocycles. The second-order valence-electron chi connectivity index (χ2n) is 7.45. The van der Waals surface area contributed by atoms with Gasteiger partial charge in [0.25, 0.3) is 0 Å². The number of ether oxygens (including phenoxy) is 1. The van der Waals surface area contributed by atoms with Gasteiger partial charge in [-0.05, 0) is 45.7 Å². The van der Waals surface area contributed by atoms with Gasteiger partial charge in [-0.25, -0.2) is 0 Å². The van der Waals surface area contributed by atoms with E-state index in [-0.39, 0.29) is 36.4 Å². The molecule has 2 rings (SSSR count). The van der Waals surface area contributed by atoms with Crippen molar-refractivity contribution in [2.75, 3.05) is 13.1 Å². The van der Waals surface area contributed by atoms with Gasteiger partial charge in [-0.15, -0.1) is 24.0 Å². The van der Waals surface area contributed by atoms with Gasteiger partial charge >= 0.3 is 5.97 Å². The normalized spacial score (nSPS) is 15.4. The van der Waals surface area contributed by atoms with Crippen LogP contribution in [-0.4, -0.2) is 36.7 Å². The summed E-state index contributed by atoms with van der Waals surface area (Å²) in [4.78, 5) is 16.3. The predicted molar refractivity (Wildman–Crippen MR) is 114 cm³/mol. The number of nitrogens with one attached hydrogen (secondary N) is 2. The Balaban J connectivity index is 0.00000338. The van der Waals surface area contributed by atoms with E-state index >= 15 is 0 Å². The van der Waals surface area contributed by atoms with E-state index in [1.54, 1.807) is 6.26 Å². The van der Waals surface area contributed by atoms with Gasteiger partial charge in [0.15, 0.2) is 5.96 Å². The number of hydrogen-bond acceptors (Lipinski definition) is 4. The van der Waals surface area contributed by atoms with Gasteiger partial charge in [0.1, 0.15) is 11.4 Å². The molecule has 0 amide bonds. The first kappa shape index (κ1) is 22.8. The summed E-state index contributed by atoms with van der Waals surface area (Å²) in [6, 6.07) is 4.32. The van der Waals surface area contributed by atoms with Crippen LogP contribution in [-0.2, 0) is 16.0 Å². The van der Waals surface area contributed by atoms with Gasteiger partial charge in [0, 0.05) is 19.0 Å². The number of guanidine groups is 1. The third kappa shape index (κ3) is 9.45. The Morgan fingerprint density at radius 1 is 1.35 bits per heavy atom. The number of carbonyl (C=O) groups is 1. The fourth-order valence-electron chi connectivity index (χ4n) is 2.83. The lowest BCUT2D eigenvalue weighted by Gasteiger charge is -2.19. The molecule has 1 aliphatic rings. The average molecular weight is 477 g/mol. The highest BCUT2D eigenvalue weighted by Crippen LogP contribution is 2.17. The molecule has 0 aromatic carbocycles. The van der Waals surface area contributed by atoms with Crippen molar-refractivity contribution in [2.24, 2.45) is 4.99 Å². The zero-order valence-electron chi connectivity index (χ0n) is 16.0. The topological polar surface area (TPSA) is 75.9 Å². The molecular weight excluding hydrogens is 445 g/mol. The van der Waals surface area contributed by atoms with E-state index in [2.05, 4.69) is 15.6 Å². The Morgan fingerprint density at radius 2 is 2.08 bits per heavy atom. The fourth-order valence-corrected chi connectivity index (χ4v) is 2.83. The number of hydrogen-bond donors (Lipinski definition) is 2. The summed E-state index contributed by atoms with van der Waals surface area (Å²) in [5.74, 6) is 1.50. The first-order chi connectivity index (χ1) is 11.9. The number of rotatable bonds is 7. The van der Waals surface area contributed by atoms with Crippen LogP contribution >= 0.6 is 24.0 Å². The molecule has 1 aliphatic carbocycles. The van der Waals surface area contributed by atoms with Crippen LogP contribution in [0, 0.1) is 0 Å². The lowest BCUT2D eigenvalue weighted by Crippen LogP contribution is -2.43. The Hall–Kier alpha value is -1.25. The van der Waals surface area contributed by atoms with Crippen molar-refractivity contribution in [1.29, 1.82) is 0 Å². The first-order valence-electron chi connectivity index (χ1n) is 9.21. The minimum absolute atomic E-state index is 0. The van der Waals surface area contributed by atoms with Crippen LogP contribution in [0.1, 0.15) is 58.6 Å². The minimum Gasteiger partial charge on any atom is -0.469 e. The van der Waals surface area contributed by atoms with E-state index in [9.17, 15) is 4.79 Å².